The van der Waals surface area contributed by atoms with Crippen molar-refractivity contribution < 1.29 is 14.4 Å². The van der Waals surface area contributed by atoms with Gasteiger partial charge in [0.05, 0.1) is 22.2 Å². The van der Waals surface area contributed by atoms with Crippen molar-refractivity contribution in [1.82, 2.24) is 0 Å². The summed E-state index contributed by atoms with van der Waals surface area (Å²) < 4.78 is 5.87. The van der Waals surface area contributed by atoms with Gasteiger partial charge in [0.1, 0.15) is 11.3 Å². The van der Waals surface area contributed by atoms with Crippen molar-refractivity contribution in [2.45, 2.75) is 32.6 Å². The van der Waals surface area contributed by atoms with Gasteiger partial charge >= 0.3 is 5.69 Å². The smallest absolute Gasteiger partial charge is 0.315 e. The van der Waals surface area contributed by atoms with Crippen LogP contribution in [0.3, 0.4) is 0 Å². The van der Waals surface area contributed by atoms with E-state index in [1.54, 1.807) is 0 Å². The van der Waals surface area contributed by atoms with Gasteiger partial charge in [-0.3, -0.25) is 15.1 Å². The number of fused-ring (bicyclic) bond motifs is 3. The summed E-state index contributed by atoms with van der Waals surface area (Å²) in [6.45, 7) is 1.97. The van der Waals surface area contributed by atoms with Crippen LogP contribution in [0.2, 0.25) is 0 Å². The molecule has 0 amide bonds. The van der Waals surface area contributed by atoms with Gasteiger partial charge < -0.3 is 9.52 Å². The highest BCUT2D eigenvalue weighted by Crippen LogP contribution is 2.41. The molecule has 1 aromatic heterocycles. The van der Waals surface area contributed by atoms with E-state index in [1.807, 2.05) is 31.2 Å². The average Bonchev–Trinajstić information content (AvgIpc) is 2.99. The first-order valence-electron chi connectivity index (χ1n) is 8.60. The van der Waals surface area contributed by atoms with Gasteiger partial charge in [0, 0.05) is 23.6 Å². The highest BCUT2D eigenvalue weighted by molar-refractivity contribution is 6.05. The quantitative estimate of drug-likeness (QED) is 0.410. The minimum atomic E-state index is -0.597. The molecule has 1 N–H and O–H groups in total. The van der Waals surface area contributed by atoms with E-state index < -0.39 is 4.92 Å². The summed E-state index contributed by atoms with van der Waals surface area (Å²) in [6, 6.07) is 8.93. The molecule has 3 aromatic rings. The second-order valence-corrected chi connectivity index (χ2v) is 6.60. The molecule has 2 aromatic carbocycles. The molecule has 0 unspecified atom stereocenters. The van der Waals surface area contributed by atoms with Crippen molar-refractivity contribution in [3.63, 3.8) is 0 Å². The number of phenolic OH excluding ortho intramolecular Hbond substituents is 1. The van der Waals surface area contributed by atoms with Gasteiger partial charge in [0.2, 0.25) is 5.75 Å². The topological polar surface area (TPSA) is 88.9 Å². The van der Waals surface area contributed by atoms with Crippen LogP contribution in [0.15, 0.2) is 39.7 Å². The molecule has 0 radical (unpaired) electrons. The third-order valence-corrected chi connectivity index (χ3v) is 4.77. The molecule has 6 nitrogen and oxygen atoms in total. The van der Waals surface area contributed by atoms with Crippen LogP contribution in [0.25, 0.3) is 11.0 Å². The molecular weight excluding hydrogens is 332 g/mol. The lowest BCUT2D eigenvalue weighted by Gasteiger charge is -2.10. The first-order valence-corrected chi connectivity index (χ1v) is 8.60. The molecular formula is C20H18N2O4. The first-order chi connectivity index (χ1) is 12.5. The summed E-state index contributed by atoms with van der Waals surface area (Å²) in [6.07, 6.45) is 5.23. The Bertz CT molecular complexity index is 1050. The van der Waals surface area contributed by atoms with Gasteiger partial charge in [-0.1, -0.05) is 12.1 Å². The van der Waals surface area contributed by atoms with E-state index in [1.165, 1.54) is 12.3 Å². The van der Waals surface area contributed by atoms with Crippen molar-refractivity contribution in [3.05, 3.63) is 62.9 Å². The number of furan rings is 1. The van der Waals surface area contributed by atoms with Crippen LogP contribution in [0.4, 0.5) is 11.4 Å². The van der Waals surface area contributed by atoms with Crippen molar-refractivity contribution >= 4 is 28.6 Å². The molecule has 26 heavy (non-hydrogen) atoms. The summed E-state index contributed by atoms with van der Waals surface area (Å²) in [5.41, 5.74) is 3.24. The lowest BCUT2D eigenvalue weighted by Crippen LogP contribution is -2.00. The van der Waals surface area contributed by atoms with Crippen molar-refractivity contribution in [1.29, 1.82) is 0 Å². The molecule has 0 saturated carbocycles. The number of hydrogen-bond acceptors (Lipinski definition) is 5. The zero-order valence-electron chi connectivity index (χ0n) is 14.4. The van der Waals surface area contributed by atoms with Crippen LogP contribution in [-0.2, 0) is 12.8 Å². The minimum Gasteiger partial charge on any atom is -0.502 e. The summed E-state index contributed by atoms with van der Waals surface area (Å²) in [5, 5.41) is 22.6. The normalized spacial score (nSPS) is 14.0. The van der Waals surface area contributed by atoms with E-state index in [0.29, 0.717) is 11.1 Å². The van der Waals surface area contributed by atoms with Crippen LogP contribution in [0.5, 0.6) is 5.75 Å². The molecule has 1 aliphatic carbocycles. The molecule has 0 saturated heterocycles. The highest BCUT2D eigenvalue weighted by atomic mass is 16.6. The Hall–Kier alpha value is -3.15. The molecule has 0 spiro atoms. The maximum Gasteiger partial charge on any atom is 0.315 e. The number of aromatic hydroxyl groups is 1. The van der Waals surface area contributed by atoms with Crippen molar-refractivity contribution in [2.75, 3.05) is 0 Å². The van der Waals surface area contributed by atoms with Gasteiger partial charge in [-0.05, 0) is 43.9 Å². The zero-order valence-corrected chi connectivity index (χ0v) is 14.4. The molecule has 6 heteroatoms. The number of hydrogen-bond donors (Lipinski definition) is 1. The Morgan fingerprint density at radius 1 is 1.27 bits per heavy atom. The largest absolute Gasteiger partial charge is 0.502 e. The summed E-state index contributed by atoms with van der Waals surface area (Å²) >= 11 is 0. The number of rotatable bonds is 3. The van der Waals surface area contributed by atoms with E-state index in [2.05, 4.69) is 4.99 Å². The number of nitro groups is 1. The molecule has 132 valence electrons. The predicted octanol–water partition coefficient (Wildman–Crippen LogP) is 4.98. The number of phenols is 1. The maximum absolute atomic E-state index is 11.3. The molecule has 0 atom stereocenters. The molecule has 1 aliphatic rings. The van der Waals surface area contributed by atoms with Crippen molar-refractivity contribution in [2.24, 2.45) is 4.99 Å². The van der Waals surface area contributed by atoms with E-state index in [0.717, 1.165) is 53.6 Å². The van der Waals surface area contributed by atoms with E-state index in [4.69, 9.17) is 4.42 Å². The second kappa shape index (κ2) is 6.29. The molecule has 4 rings (SSSR count). The minimum absolute atomic E-state index is 0.350. The Morgan fingerprint density at radius 2 is 2.08 bits per heavy atom. The van der Waals surface area contributed by atoms with Crippen LogP contribution < -0.4 is 0 Å². The Balaban J connectivity index is 1.94. The monoisotopic (exact) mass is 350 g/mol. The maximum atomic E-state index is 11.3. The van der Waals surface area contributed by atoms with Gasteiger partial charge in [-0.15, -0.1) is 0 Å². The van der Waals surface area contributed by atoms with Crippen LogP contribution >= 0.6 is 0 Å². The second-order valence-electron chi connectivity index (χ2n) is 6.60. The van der Waals surface area contributed by atoms with E-state index in [-0.39, 0.29) is 11.4 Å². The Labute approximate surface area is 149 Å². The fourth-order valence-corrected chi connectivity index (χ4v) is 3.55. The van der Waals surface area contributed by atoms with Crippen molar-refractivity contribution in [3.8, 4) is 5.75 Å². The summed E-state index contributed by atoms with van der Waals surface area (Å²) in [5.74, 6) is 0.490. The van der Waals surface area contributed by atoms with E-state index >= 15 is 0 Å². The van der Waals surface area contributed by atoms with Crippen LogP contribution in [-0.4, -0.2) is 16.2 Å². The first kappa shape index (κ1) is 16.3. The van der Waals surface area contributed by atoms with Crippen LogP contribution in [0.1, 0.15) is 35.3 Å². The van der Waals surface area contributed by atoms with Gasteiger partial charge in [0.25, 0.3) is 0 Å². The predicted molar refractivity (Wildman–Crippen MR) is 99.6 cm³/mol. The summed E-state index contributed by atoms with van der Waals surface area (Å²) in [7, 11) is 0. The molecule has 0 fully saturated rings. The number of nitro benzene ring substituents is 1. The Morgan fingerprint density at radius 3 is 2.85 bits per heavy atom. The molecule has 1 heterocycles. The highest BCUT2D eigenvalue weighted by Gasteiger charge is 2.27. The lowest BCUT2D eigenvalue weighted by atomic mass is 9.93. The zero-order chi connectivity index (χ0) is 18.3. The summed E-state index contributed by atoms with van der Waals surface area (Å²) in [4.78, 5) is 15.2. The third-order valence-electron chi connectivity index (χ3n) is 4.77. The average molecular weight is 350 g/mol. The molecule has 0 aliphatic heterocycles. The third kappa shape index (κ3) is 2.73. The van der Waals surface area contributed by atoms with E-state index in [9.17, 15) is 15.2 Å². The number of aryl methyl sites for hydroxylation is 3. The SMILES string of the molecule is Cc1cccc(N=Cc2c(O)c([N+](=O)[O-])cc3oc4c(c23)CCCC4)c1. The fraction of sp³-hybridized carbons (Fsp3) is 0.250. The van der Waals surface area contributed by atoms with Gasteiger partial charge in [-0.25, -0.2) is 0 Å². The van der Waals surface area contributed by atoms with Gasteiger partial charge in [0.15, 0.2) is 0 Å². The Kier molecular flexibility index (Phi) is 3.95. The standard InChI is InChI=1S/C20H18N2O4/c1-12-5-4-6-13(9-12)21-11-15-19-14-7-2-3-8-17(14)26-18(19)10-16(20(15)23)22(24)25/h4-6,9-11,23H,2-3,7-8H2,1H3. The number of nitrogens with zero attached hydrogens (tertiary/aromatic N) is 2. The van der Waals surface area contributed by atoms with Gasteiger partial charge in [-0.2, -0.15) is 0 Å². The fourth-order valence-electron chi connectivity index (χ4n) is 3.55. The molecule has 0 bridgehead atoms. The number of benzene rings is 2. The van der Waals surface area contributed by atoms with Crippen LogP contribution in [0, 0.1) is 17.0 Å². The number of aliphatic imine (C=N–C) groups is 1. The lowest BCUT2D eigenvalue weighted by molar-refractivity contribution is -0.385.